The first-order valence-electron chi connectivity index (χ1n) is 4.84. The molecule has 4 heteroatoms. The number of nitrogens with one attached hydrogen (secondary N) is 2. The highest BCUT2D eigenvalue weighted by Crippen LogP contribution is 1.95. The molecule has 1 amide bonds. The molecule has 14 heavy (non-hydrogen) atoms. The predicted octanol–water partition coefficient (Wildman–Crippen LogP) is -0.496. The van der Waals surface area contributed by atoms with Crippen molar-refractivity contribution in [2.75, 3.05) is 26.2 Å². The lowest BCUT2D eigenvalue weighted by molar-refractivity contribution is -0.134. The molecule has 0 saturated carbocycles. The van der Waals surface area contributed by atoms with Crippen molar-refractivity contribution in [3.63, 3.8) is 0 Å². The van der Waals surface area contributed by atoms with E-state index in [-0.39, 0.29) is 12.0 Å². The molecule has 0 bridgehead atoms. The Morgan fingerprint density at radius 3 is 3.21 bits per heavy atom. The Bertz CT molecular complexity index is 236. The Morgan fingerprint density at radius 1 is 1.71 bits per heavy atom. The molecular weight excluding hydrogens is 180 g/mol. The molecular formula is C10H16N2O2. The first-order valence-corrected chi connectivity index (χ1v) is 4.84. The number of carbonyl (C=O) groups is 1. The zero-order valence-corrected chi connectivity index (χ0v) is 8.43. The van der Waals surface area contributed by atoms with Crippen LogP contribution >= 0.6 is 0 Å². The van der Waals surface area contributed by atoms with Gasteiger partial charge in [0.1, 0.15) is 6.10 Å². The van der Waals surface area contributed by atoms with Gasteiger partial charge >= 0.3 is 0 Å². The van der Waals surface area contributed by atoms with Gasteiger partial charge < -0.3 is 15.4 Å². The minimum atomic E-state index is -0.335. The third-order valence-electron chi connectivity index (χ3n) is 1.95. The minimum absolute atomic E-state index is 0.0462. The lowest BCUT2D eigenvalue weighted by Crippen LogP contribution is -2.47. The number of hydrogen-bond acceptors (Lipinski definition) is 3. The van der Waals surface area contributed by atoms with Crippen LogP contribution in [0.3, 0.4) is 0 Å². The van der Waals surface area contributed by atoms with E-state index in [0.29, 0.717) is 26.1 Å². The molecule has 1 aliphatic rings. The van der Waals surface area contributed by atoms with E-state index in [1.807, 2.05) is 0 Å². The second kappa shape index (κ2) is 6.41. The van der Waals surface area contributed by atoms with Gasteiger partial charge in [-0.3, -0.25) is 4.79 Å². The highest BCUT2D eigenvalue weighted by molar-refractivity contribution is 5.81. The first-order chi connectivity index (χ1) is 6.84. The van der Waals surface area contributed by atoms with E-state index in [4.69, 9.17) is 4.74 Å². The van der Waals surface area contributed by atoms with Crippen molar-refractivity contribution in [2.45, 2.75) is 19.4 Å². The Labute approximate surface area is 84.4 Å². The second-order valence-electron chi connectivity index (χ2n) is 3.03. The van der Waals surface area contributed by atoms with Gasteiger partial charge in [0.25, 0.3) is 0 Å². The van der Waals surface area contributed by atoms with Gasteiger partial charge in [-0.15, -0.1) is 11.8 Å². The molecule has 1 rings (SSSR count). The van der Waals surface area contributed by atoms with Gasteiger partial charge in [0.05, 0.1) is 6.61 Å². The highest BCUT2D eigenvalue weighted by atomic mass is 16.5. The zero-order valence-electron chi connectivity index (χ0n) is 8.43. The summed E-state index contributed by atoms with van der Waals surface area (Å²) in [5.41, 5.74) is 0. The van der Waals surface area contributed by atoms with Crippen LogP contribution in [0, 0.1) is 11.8 Å². The monoisotopic (exact) mass is 196 g/mol. The fourth-order valence-electron chi connectivity index (χ4n) is 1.22. The Hall–Kier alpha value is -1.05. The number of morpholine rings is 1. The Balaban J connectivity index is 2.15. The van der Waals surface area contributed by atoms with Crippen LogP contribution in [0.1, 0.15) is 13.3 Å². The van der Waals surface area contributed by atoms with E-state index in [0.717, 1.165) is 6.54 Å². The van der Waals surface area contributed by atoms with Crippen molar-refractivity contribution in [2.24, 2.45) is 0 Å². The predicted molar refractivity (Wildman–Crippen MR) is 53.7 cm³/mol. The number of ether oxygens (including phenoxy) is 1. The summed E-state index contributed by atoms with van der Waals surface area (Å²) in [6.45, 7) is 4.42. The van der Waals surface area contributed by atoms with Crippen molar-refractivity contribution >= 4 is 5.91 Å². The highest BCUT2D eigenvalue weighted by Gasteiger charge is 2.20. The summed E-state index contributed by atoms with van der Waals surface area (Å²) in [7, 11) is 0. The second-order valence-corrected chi connectivity index (χ2v) is 3.03. The van der Waals surface area contributed by atoms with Gasteiger partial charge in [0.15, 0.2) is 0 Å². The molecule has 1 saturated heterocycles. The van der Waals surface area contributed by atoms with Gasteiger partial charge in [-0.25, -0.2) is 0 Å². The topological polar surface area (TPSA) is 50.4 Å². The van der Waals surface area contributed by atoms with Gasteiger partial charge in [0.2, 0.25) is 5.91 Å². The zero-order chi connectivity index (χ0) is 10.2. The van der Waals surface area contributed by atoms with Gasteiger partial charge in [0, 0.05) is 26.1 Å². The van der Waals surface area contributed by atoms with Crippen molar-refractivity contribution < 1.29 is 9.53 Å². The first kappa shape index (κ1) is 11.0. The van der Waals surface area contributed by atoms with E-state index in [9.17, 15) is 4.79 Å². The maximum Gasteiger partial charge on any atom is 0.250 e. The molecule has 0 aliphatic carbocycles. The van der Waals surface area contributed by atoms with E-state index in [1.165, 1.54) is 0 Å². The standard InChI is InChI=1S/C10H16N2O2/c1-2-3-4-5-12-10(13)9-8-11-6-7-14-9/h9,11H,4-8H2,1H3,(H,12,13). The van der Waals surface area contributed by atoms with Gasteiger partial charge in [-0.05, 0) is 6.92 Å². The van der Waals surface area contributed by atoms with Crippen LogP contribution in [-0.4, -0.2) is 38.3 Å². The lowest BCUT2D eigenvalue weighted by atomic mass is 10.3. The van der Waals surface area contributed by atoms with E-state index >= 15 is 0 Å². The van der Waals surface area contributed by atoms with Crippen molar-refractivity contribution in [3.05, 3.63) is 0 Å². The van der Waals surface area contributed by atoms with Gasteiger partial charge in [-0.2, -0.15) is 0 Å². The molecule has 1 unspecified atom stereocenters. The van der Waals surface area contributed by atoms with Gasteiger partial charge in [-0.1, -0.05) is 0 Å². The third-order valence-corrected chi connectivity index (χ3v) is 1.95. The van der Waals surface area contributed by atoms with Crippen LogP contribution in [-0.2, 0) is 9.53 Å². The SMILES string of the molecule is CC#CCCNC(=O)C1CNCCO1. The van der Waals surface area contributed by atoms with Crippen LogP contribution in [0.15, 0.2) is 0 Å². The van der Waals surface area contributed by atoms with E-state index < -0.39 is 0 Å². The summed E-state index contributed by atoms with van der Waals surface area (Å²) in [6.07, 6.45) is 0.362. The lowest BCUT2D eigenvalue weighted by Gasteiger charge is -2.22. The van der Waals surface area contributed by atoms with Crippen LogP contribution in [0.2, 0.25) is 0 Å². The summed E-state index contributed by atoms with van der Waals surface area (Å²) in [6, 6.07) is 0. The van der Waals surface area contributed by atoms with Crippen molar-refractivity contribution in [1.82, 2.24) is 10.6 Å². The molecule has 1 heterocycles. The largest absolute Gasteiger partial charge is 0.366 e. The smallest absolute Gasteiger partial charge is 0.250 e. The average molecular weight is 196 g/mol. The molecule has 0 aromatic heterocycles. The molecule has 2 N–H and O–H groups in total. The molecule has 1 aliphatic heterocycles. The molecule has 0 spiro atoms. The summed E-state index contributed by atoms with van der Waals surface area (Å²) in [5, 5.41) is 5.88. The molecule has 0 aromatic carbocycles. The average Bonchev–Trinajstić information content (AvgIpc) is 2.25. The number of rotatable bonds is 3. The van der Waals surface area contributed by atoms with Crippen LogP contribution in [0.25, 0.3) is 0 Å². The Kier molecular flexibility index (Phi) is 5.05. The van der Waals surface area contributed by atoms with Crippen LogP contribution in [0.5, 0.6) is 0 Å². The molecule has 1 atom stereocenters. The third kappa shape index (κ3) is 3.77. The fraction of sp³-hybridized carbons (Fsp3) is 0.700. The van der Waals surface area contributed by atoms with E-state index in [2.05, 4.69) is 22.5 Å². The van der Waals surface area contributed by atoms with Crippen LogP contribution < -0.4 is 10.6 Å². The molecule has 0 radical (unpaired) electrons. The Morgan fingerprint density at radius 2 is 2.57 bits per heavy atom. The normalized spacial score (nSPS) is 20.8. The number of hydrogen-bond donors (Lipinski definition) is 2. The van der Waals surface area contributed by atoms with Crippen LogP contribution in [0.4, 0.5) is 0 Å². The molecule has 0 aromatic rings. The quantitative estimate of drug-likeness (QED) is 0.473. The maximum absolute atomic E-state index is 11.4. The molecule has 1 fully saturated rings. The van der Waals surface area contributed by atoms with E-state index in [1.54, 1.807) is 6.92 Å². The summed E-state index contributed by atoms with van der Waals surface area (Å²) in [5.74, 6) is 5.62. The number of amides is 1. The van der Waals surface area contributed by atoms with Crippen molar-refractivity contribution in [1.29, 1.82) is 0 Å². The maximum atomic E-state index is 11.4. The molecule has 78 valence electrons. The molecule has 4 nitrogen and oxygen atoms in total. The fourth-order valence-corrected chi connectivity index (χ4v) is 1.22. The summed E-state index contributed by atoms with van der Waals surface area (Å²) >= 11 is 0. The minimum Gasteiger partial charge on any atom is -0.366 e. The van der Waals surface area contributed by atoms with Crippen molar-refractivity contribution in [3.8, 4) is 11.8 Å². The summed E-state index contributed by atoms with van der Waals surface area (Å²) in [4.78, 5) is 11.4. The summed E-state index contributed by atoms with van der Waals surface area (Å²) < 4.78 is 5.29. The number of carbonyl (C=O) groups excluding carboxylic acids is 1.